The van der Waals surface area contributed by atoms with Crippen LogP contribution in [0.15, 0.2) is 49.0 Å². The second-order valence-electron chi connectivity index (χ2n) is 6.96. The zero-order valence-electron chi connectivity index (χ0n) is 15.7. The van der Waals surface area contributed by atoms with Gasteiger partial charge >= 0.3 is 0 Å². The van der Waals surface area contributed by atoms with E-state index in [2.05, 4.69) is 43.9 Å². The average Bonchev–Trinajstić information content (AvgIpc) is 3.20. The van der Waals surface area contributed by atoms with Gasteiger partial charge in [-0.2, -0.15) is 0 Å². The van der Waals surface area contributed by atoms with Crippen LogP contribution in [-0.4, -0.2) is 13.2 Å². The number of benzene rings is 2. The summed E-state index contributed by atoms with van der Waals surface area (Å²) in [7, 11) is 0. The van der Waals surface area contributed by atoms with E-state index in [0.717, 1.165) is 43.7 Å². The molecule has 1 N–H and O–H groups in total. The summed E-state index contributed by atoms with van der Waals surface area (Å²) in [4.78, 5) is 0. The normalized spacial score (nSPS) is 17.9. The highest BCUT2D eigenvalue weighted by Crippen LogP contribution is 2.31. The molecule has 0 radical (unpaired) electrons. The average molecular weight is 353 g/mol. The summed E-state index contributed by atoms with van der Waals surface area (Å²) in [6, 6.07) is 13.5. The summed E-state index contributed by atoms with van der Waals surface area (Å²) in [5, 5.41) is 3.52. The van der Waals surface area contributed by atoms with Gasteiger partial charge in [0.25, 0.3) is 0 Å². The molecule has 2 atom stereocenters. The fourth-order valence-electron chi connectivity index (χ4n) is 3.69. The maximum absolute atomic E-state index is 13.1. The second-order valence-corrected chi connectivity index (χ2v) is 6.96. The minimum Gasteiger partial charge on any atom is -0.381 e. The van der Waals surface area contributed by atoms with Crippen molar-refractivity contribution in [3.8, 4) is 0 Å². The molecule has 26 heavy (non-hydrogen) atoms. The fourth-order valence-corrected chi connectivity index (χ4v) is 3.69. The van der Waals surface area contributed by atoms with Gasteiger partial charge in [0.05, 0.1) is 12.6 Å². The molecule has 0 aromatic heterocycles. The molecule has 2 nitrogen and oxygen atoms in total. The molecule has 1 fully saturated rings. The van der Waals surface area contributed by atoms with E-state index in [1.807, 2.05) is 0 Å². The first-order chi connectivity index (χ1) is 12.6. The van der Waals surface area contributed by atoms with Gasteiger partial charge in [-0.05, 0) is 53.6 Å². The van der Waals surface area contributed by atoms with Crippen LogP contribution < -0.4 is 5.32 Å². The van der Waals surface area contributed by atoms with Crippen LogP contribution in [0.25, 0.3) is 5.70 Å². The van der Waals surface area contributed by atoms with Crippen molar-refractivity contribution < 1.29 is 9.13 Å². The van der Waals surface area contributed by atoms with Crippen molar-refractivity contribution in [1.82, 2.24) is 5.32 Å². The first kappa shape index (κ1) is 18.7. The van der Waals surface area contributed by atoms with Crippen molar-refractivity contribution in [2.24, 2.45) is 0 Å². The molecule has 0 aliphatic carbocycles. The van der Waals surface area contributed by atoms with E-state index in [4.69, 9.17) is 4.74 Å². The molecule has 1 saturated heterocycles. The maximum atomic E-state index is 13.1. The summed E-state index contributed by atoms with van der Waals surface area (Å²) in [5.74, 6) is 0.300. The van der Waals surface area contributed by atoms with E-state index in [-0.39, 0.29) is 11.9 Å². The summed E-state index contributed by atoms with van der Waals surface area (Å²) in [5.41, 5.74) is 5.85. The van der Waals surface area contributed by atoms with E-state index in [1.165, 1.54) is 28.8 Å². The van der Waals surface area contributed by atoms with Gasteiger partial charge in [0.1, 0.15) is 5.82 Å². The Bertz CT molecular complexity index is 747. The molecule has 0 bridgehead atoms. The third-order valence-electron chi connectivity index (χ3n) is 5.27. The van der Waals surface area contributed by atoms with Crippen LogP contribution in [0.4, 0.5) is 4.39 Å². The van der Waals surface area contributed by atoms with Crippen LogP contribution >= 0.6 is 0 Å². The lowest BCUT2D eigenvalue weighted by Crippen LogP contribution is -2.19. The van der Waals surface area contributed by atoms with E-state index in [1.54, 1.807) is 12.1 Å². The van der Waals surface area contributed by atoms with Crippen molar-refractivity contribution in [2.45, 2.75) is 45.1 Å². The van der Waals surface area contributed by atoms with Crippen molar-refractivity contribution in [3.63, 3.8) is 0 Å². The van der Waals surface area contributed by atoms with E-state index >= 15 is 0 Å². The fraction of sp³-hybridized carbons (Fsp3) is 0.391. The zero-order valence-corrected chi connectivity index (χ0v) is 15.7. The molecule has 1 heterocycles. The monoisotopic (exact) mass is 353 g/mol. The van der Waals surface area contributed by atoms with Crippen LogP contribution in [-0.2, 0) is 11.2 Å². The Morgan fingerprint density at radius 2 is 2.00 bits per heavy atom. The Morgan fingerprint density at radius 1 is 1.23 bits per heavy atom. The van der Waals surface area contributed by atoms with Gasteiger partial charge in [-0.15, -0.1) is 0 Å². The number of hydrogen-bond acceptors (Lipinski definition) is 2. The lowest BCUT2D eigenvalue weighted by Gasteiger charge is -2.23. The summed E-state index contributed by atoms with van der Waals surface area (Å²) in [6.07, 6.45) is 3.09. The molecule has 0 amide bonds. The Balaban J connectivity index is 1.78. The lowest BCUT2D eigenvalue weighted by atomic mass is 9.89. The van der Waals surface area contributed by atoms with Crippen molar-refractivity contribution >= 4 is 5.70 Å². The molecule has 0 saturated carbocycles. The Hall–Kier alpha value is -2.13. The summed E-state index contributed by atoms with van der Waals surface area (Å²) >= 11 is 0. The number of ether oxygens (including phenoxy) is 1. The summed E-state index contributed by atoms with van der Waals surface area (Å²) < 4.78 is 18.7. The van der Waals surface area contributed by atoms with Gasteiger partial charge in [0.15, 0.2) is 0 Å². The van der Waals surface area contributed by atoms with Crippen LogP contribution in [0, 0.1) is 5.82 Å². The standard InChI is InChI=1S/C23H28FNO/c1-4-17-14-19(8-11-22(17)20-12-13-26-15-20)23(5-2)25-16(3)18-6-9-21(24)10-7-18/h6-11,14,20,23,25H,3-5,12-13,15H2,1-2H3. The number of hydrogen-bond donors (Lipinski definition) is 1. The number of rotatable bonds is 7. The number of aryl methyl sites for hydroxylation is 1. The van der Waals surface area contributed by atoms with Gasteiger partial charge in [-0.3, -0.25) is 0 Å². The van der Waals surface area contributed by atoms with Crippen LogP contribution in [0.2, 0.25) is 0 Å². The maximum Gasteiger partial charge on any atom is 0.123 e. The molecular weight excluding hydrogens is 325 g/mol. The number of nitrogens with one attached hydrogen (secondary N) is 1. The van der Waals surface area contributed by atoms with E-state index in [0.29, 0.717) is 5.92 Å². The minimum atomic E-state index is -0.229. The quantitative estimate of drug-likeness (QED) is 0.699. The largest absolute Gasteiger partial charge is 0.381 e. The van der Waals surface area contributed by atoms with Crippen molar-refractivity contribution in [2.75, 3.05) is 13.2 Å². The molecule has 2 unspecified atom stereocenters. The van der Waals surface area contributed by atoms with E-state index in [9.17, 15) is 4.39 Å². The SMILES string of the molecule is C=C(NC(CC)c1ccc(C2CCOC2)c(CC)c1)c1ccc(F)cc1. The minimum absolute atomic E-state index is 0.187. The van der Waals surface area contributed by atoms with Gasteiger partial charge < -0.3 is 10.1 Å². The summed E-state index contributed by atoms with van der Waals surface area (Å²) in [6.45, 7) is 10.2. The van der Waals surface area contributed by atoms with Crippen molar-refractivity contribution in [3.05, 3.63) is 77.1 Å². The first-order valence-corrected chi connectivity index (χ1v) is 9.54. The highest BCUT2D eigenvalue weighted by Gasteiger charge is 2.21. The first-order valence-electron chi connectivity index (χ1n) is 9.54. The Labute approximate surface area is 156 Å². The van der Waals surface area contributed by atoms with Crippen LogP contribution in [0.1, 0.15) is 60.9 Å². The zero-order chi connectivity index (χ0) is 18.5. The van der Waals surface area contributed by atoms with Crippen molar-refractivity contribution in [1.29, 1.82) is 0 Å². The molecule has 2 aromatic carbocycles. The van der Waals surface area contributed by atoms with E-state index < -0.39 is 0 Å². The smallest absolute Gasteiger partial charge is 0.123 e. The topological polar surface area (TPSA) is 21.3 Å². The molecule has 2 aromatic rings. The Morgan fingerprint density at radius 3 is 2.62 bits per heavy atom. The highest BCUT2D eigenvalue weighted by atomic mass is 19.1. The Kier molecular flexibility index (Phi) is 6.10. The highest BCUT2D eigenvalue weighted by molar-refractivity contribution is 5.62. The van der Waals surface area contributed by atoms with Crippen LogP contribution in [0.3, 0.4) is 0 Å². The molecule has 3 rings (SSSR count). The lowest BCUT2D eigenvalue weighted by molar-refractivity contribution is 0.194. The molecule has 3 heteroatoms. The van der Waals surface area contributed by atoms with Gasteiger partial charge in [-0.25, -0.2) is 4.39 Å². The van der Waals surface area contributed by atoms with Crippen LogP contribution in [0.5, 0.6) is 0 Å². The van der Waals surface area contributed by atoms with Gasteiger partial charge in [-0.1, -0.05) is 50.8 Å². The number of halogens is 1. The van der Waals surface area contributed by atoms with Gasteiger partial charge in [0.2, 0.25) is 0 Å². The second kappa shape index (κ2) is 8.50. The molecule has 1 aliphatic rings. The third-order valence-corrected chi connectivity index (χ3v) is 5.27. The third kappa shape index (κ3) is 4.16. The molecule has 138 valence electrons. The molecular formula is C23H28FNO. The van der Waals surface area contributed by atoms with Gasteiger partial charge in [0, 0.05) is 18.2 Å². The molecule has 1 aliphatic heterocycles. The predicted molar refractivity (Wildman–Crippen MR) is 106 cm³/mol. The predicted octanol–water partition coefficient (Wildman–Crippen LogP) is 5.60. The molecule has 0 spiro atoms.